The van der Waals surface area contributed by atoms with Crippen LogP contribution >= 0.6 is 0 Å². The van der Waals surface area contributed by atoms with Crippen molar-refractivity contribution in [3.63, 3.8) is 0 Å². The highest BCUT2D eigenvalue weighted by Crippen LogP contribution is 1.93. The smallest absolute Gasteiger partial charge is 0.238 e. The summed E-state index contributed by atoms with van der Waals surface area (Å²) in [6.07, 6.45) is 5.65. The third-order valence-electron chi connectivity index (χ3n) is 2.40. The van der Waals surface area contributed by atoms with E-state index in [0.29, 0.717) is 0 Å². The van der Waals surface area contributed by atoms with Crippen LogP contribution in [0.1, 0.15) is 12.8 Å². The van der Waals surface area contributed by atoms with Crippen molar-refractivity contribution in [2.24, 2.45) is 0 Å². The Morgan fingerprint density at radius 1 is 1.60 bits per heavy atom. The van der Waals surface area contributed by atoms with E-state index in [1.165, 1.54) is 0 Å². The quantitative estimate of drug-likeness (QED) is 0.403. The van der Waals surface area contributed by atoms with Gasteiger partial charge in [-0.3, -0.25) is 13.6 Å². The Balaban J connectivity index is 0.000000276. The summed E-state index contributed by atoms with van der Waals surface area (Å²) in [5, 5.41) is 2.68. The van der Waals surface area contributed by atoms with Crippen molar-refractivity contribution in [2.45, 2.75) is 12.8 Å². The summed E-state index contributed by atoms with van der Waals surface area (Å²) < 4.78 is 33.2. The van der Waals surface area contributed by atoms with Crippen molar-refractivity contribution >= 4 is 22.6 Å². The highest BCUT2D eigenvalue weighted by molar-refractivity contribution is 7.80. The fourth-order valence-corrected chi connectivity index (χ4v) is 1.35. The number of carbonyl (C=O) groups is 1. The molecule has 1 fully saturated rings. The van der Waals surface area contributed by atoms with Gasteiger partial charge < -0.3 is 9.87 Å². The first kappa shape index (κ1) is 18.6. The molecule has 0 unspecified atom stereocenters. The summed E-state index contributed by atoms with van der Waals surface area (Å²) in [5.41, 5.74) is 0. The number of likely N-dealkylation sites (N-methyl/N-ethyl adjacent to an activating group) is 1. The Kier molecular flexibility index (Phi) is 8.77. The van der Waals surface area contributed by atoms with Gasteiger partial charge in [-0.2, -0.15) is 0 Å². The molecule has 0 bridgehead atoms. The minimum Gasteiger partial charge on any atom is -0.726 e. The maximum atomic E-state index is 10.1. The van der Waals surface area contributed by atoms with Gasteiger partial charge in [-0.05, 0) is 6.42 Å². The number of hydrogen-bond donors (Lipinski definition) is 1. The second kappa shape index (κ2) is 9.45. The first-order valence-corrected chi connectivity index (χ1v) is 7.33. The first-order valence-electron chi connectivity index (χ1n) is 6.00. The molecule has 8 nitrogen and oxygen atoms in total. The van der Waals surface area contributed by atoms with Gasteiger partial charge in [0, 0.05) is 13.0 Å². The summed E-state index contributed by atoms with van der Waals surface area (Å²) in [7, 11) is -1.55. The van der Waals surface area contributed by atoms with E-state index in [2.05, 4.69) is 32.6 Å². The first-order chi connectivity index (χ1) is 9.28. The third kappa shape index (κ3) is 10.5. The summed E-state index contributed by atoms with van der Waals surface area (Å²) >= 11 is 0. The fraction of sp³-hybridized carbons (Fsp3) is 0.636. The molecule has 0 spiro atoms. The van der Waals surface area contributed by atoms with E-state index in [0.717, 1.165) is 39.6 Å². The maximum absolute atomic E-state index is 10.1. The minimum atomic E-state index is -4.41. The van der Waals surface area contributed by atoms with Gasteiger partial charge >= 0.3 is 0 Å². The second-order valence-corrected chi connectivity index (χ2v) is 5.19. The Hall–Kier alpha value is -1.45. The van der Waals surface area contributed by atoms with Crippen LogP contribution in [-0.2, 0) is 19.4 Å². The van der Waals surface area contributed by atoms with E-state index >= 15 is 0 Å². The van der Waals surface area contributed by atoms with Gasteiger partial charge in [0.2, 0.25) is 22.6 Å². The molecule has 0 aliphatic carbocycles. The van der Waals surface area contributed by atoms with E-state index in [9.17, 15) is 17.8 Å². The van der Waals surface area contributed by atoms with Gasteiger partial charge in [0.15, 0.2) is 0 Å². The van der Waals surface area contributed by atoms with Crippen molar-refractivity contribution in [1.82, 2.24) is 10.2 Å². The largest absolute Gasteiger partial charge is 0.726 e. The Morgan fingerprint density at radius 2 is 2.20 bits per heavy atom. The normalized spacial score (nSPS) is 17.2. The molecule has 0 aromatic carbocycles. The van der Waals surface area contributed by atoms with E-state index in [1.807, 2.05) is 12.5 Å². The van der Waals surface area contributed by atoms with E-state index < -0.39 is 10.4 Å². The molecule has 9 heteroatoms. The molecule has 0 aromatic heterocycles. The highest BCUT2D eigenvalue weighted by Gasteiger charge is 2.11. The highest BCUT2D eigenvalue weighted by atomic mass is 32.3. The average Bonchev–Trinajstić information content (AvgIpc) is 3.01. The van der Waals surface area contributed by atoms with Crippen LogP contribution in [0.3, 0.4) is 0 Å². The lowest BCUT2D eigenvalue weighted by Gasteiger charge is -1.98. The van der Waals surface area contributed by atoms with E-state index in [-0.39, 0.29) is 5.91 Å². The molecule has 2 aliphatic heterocycles. The zero-order chi connectivity index (χ0) is 15.6. The molecule has 1 saturated heterocycles. The Bertz CT molecular complexity index is 439. The Labute approximate surface area is 119 Å². The molecule has 2 aliphatic rings. The maximum Gasteiger partial charge on any atom is 0.238 e. The molecule has 2 rings (SSSR count). The minimum absolute atomic E-state index is 0.204. The number of nitrogens with zero attached hydrogens (tertiary/aromatic N) is 2. The number of nitrogens with one attached hydrogen (secondary N) is 1. The summed E-state index contributed by atoms with van der Waals surface area (Å²) in [5.74, 6) is 0.204. The SMILES string of the molecule is C=CN1C=[N+](C)CC1.COS(=O)(=O)[O-].O=C1CCCN1. The average molecular weight is 307 g/mol. The fourth-order valence-electron chi connectivity index (χ4n) is 1.35. The van der Waals surface area contributed by atoms with E-state index in [4.69, 9.17) is 0 Å². The van der Waals surface area contributed by atoms with Crippen LogP contribution in [0, 0.1) is 0 Å². The molecular formula is C11H21N3O5S. The lowest BCUT2D eigenvalue weighted by molar-refractivity contribution is -0.482. The number of hydrogen-bond acceptors (Lipinski definition) is 6. The Morgan fingerprint density at radius 3 is 2.35 bits per heavy atom. The number of rotatable bonds is 2. The number of amides is 1. The summed E-state index contributed by atoms with van der Waals surface area (Å²) in [4.78, 5) is 12.2. The monoisotopic (exact) mass is 307 g/mol. The van der Waals surface area contributed by atoms with Crippen LogP contribution in [-0.4, -0.2) is 68.5 Å². The van der Waals surface area contributed by atoms with Gasteiger partial charge in [0.1, 0.15) is 13.1 Å². The number of carbonyl (C=O) groups excluding carboxylic acids is 1. The molecule has 116 valence electrons. The predicted molar refractivity (Wildman–Crippen MR) is 73.0 cm³/mol. The zero-order valence-corrected chi connectivity index (χ0v) is 12.6. The molecule has 1 N–H and O–H groups in total. The molecule has 0 saturated carbocycles. The van der Waals surface area contributed by atoms with Crippen LogP contribution < -0.4 is 5.32 Å². The molecule has 2 heterocycles. The standard InChI is InChI=1S/C6H11N2.C4H7NO.CH4O4S/c1-3-8-5-4-7(2)6-8;6-4-2-1-3-5-4;1-5-6(2,3)4/h3,6H,1,4-5H2,2H3;1-3H2,(H,5,6);1H3,(H,2,3,4)/q+1;;/p-1. The summed E-state index contributed by atoms with van der Waals surface area (Å²) in [6.45, 7) is 6.73. The van der Waals surface area contributed by atoms with Crippen molar-refractivity contribution in [3.05, 3.63) is 12.8 Å². The van der Waals surface area contributed by atoms with Gasteiger partial charge in [0.25, 0.3) is 0 Å². The van der Waals surface area contributed by atoms with Crippen molar-refractivity contribution in [2.75, 3.05) is 33.8 Å². The van der Waals surface area contributed by atoms with Gasteiger partial charge in [0.05, 0.1) is 20.4 Å². The van der Waals surface area contributed by atoms with Crippen LogP contribution in [0.15, 0.2) is 12.8 Å². The van der Waals surface area contributed by atoms with Crippen molar-refractivity contribution in [3.8, 4) is 0 Å². The van der Waals surface area contributed by atoms with Crippen LogP contribution in [0.5, 0.6) is 0 Å². The molecular weight excluding hydrogens is 286 g/mol. The van der Waals surface area contributed by atoms with Crippen LogP contribution in [0.25, 0.3) is 0 Å². The topological polar surface area (TPSA) is 102 Å². The third-order valence-corrected chi connectivity index (χ3v) is 2.81. The lowest BCUT2D eigenvalue weighted by atomic mass is 10.4. The van der Waals surface area contributed by atoms with Gasteiger partial charge in [-0.1, -0.05) is 6.58 Å². The molecule has 0 aromatic rings. The van der Waals surface area contributed by atoms with Crippen molar-refractivity contribution in [1.29, 1.82) is 0 Å². The second-order valence-electron chi connectivity index (χ2n) is 4.04. The predicted octanol–water partition coefficient (Wildman–Crippen LogP) is -0.894. The molecule has 0 atom stereocenters. The van der Waals surface area contributed by atoms with Crippen molar-refractivity contribution < 1.29 is 26.5 Å². The zero-order valence-electron chi connectivity index (χ0n) is 11.7. The lowest BCUT2D eigenvalue weighted by Crippen LogP contribution is -2.12. The van der Waals surface area contributed by atoms with Crippen LogP contribution in [0.4, 0.5) is 0 Å². The van der Waals surface area contributed by atoms with Gasteiger partial charge in [-0.25, -0.2) is 13.3 Å². The van der Waals surface area contributed by atoms with E-state index in [1.54, 1.807) is 0 Å². The molecule has 0 radical (unpaired) electrons. The van der Waals surface area contributed by atoms with Crippen LogP contribution in [0.2, 0.25) is 0 Å². The molecule has 1 amide bonds. The van der Waals surface area contributed by atoms with Gasteiger partial charge in [-0.15, -0.1) is 0 Å². The molecule has 20 heavy (non-hydrogen) atoms. The summed E-state index contributed by atoms with van der Waals surface area (Å²) in [6, 6.07) is 0.